The summed E-state index contributed by atoms with van der Waals surface area (Å²) in [4.78, 5) is 28.7. The van der Waals surface area contributed by atoms with Crippen molar-refractivity contribution in [1.82, 2.24) is 4.90 Å². The molecule has 2 aliphatic rings. The van der Waals surface area contributed by atoms with Crippen molar-refractivity contribution in [3.05, 3.63) is 63.4 Å². The van der Waals surface area contributed by atoms with Crippen LogP contribution in [0, 0.1) is 12.8 Å². The fourth-order valence-corrected chi connectivity index (χ4v) is 4.79. The van der Waals surface area contributed by atoms with E-state index in [0.717, 1.165) is 37.1 Å². The maximum absolute atomic E-state index is 13.1. The van der Waals surface area contributed by atoms with E-state index in [9.17, 15) is 9.59 Å². The Morgan fingerprint density at radius 1 is 1.30 bits per heavy atom. The van der Waals surface area contributed by atoms with Gasteiger partial charge in [-0.05, 0) is 66.8 Å². The highest BCUT2D eigenvalue weighted by Crippen LogP contribution is 2.27. The van der Waals surface area contributed by atoms with Crippen molar-refractivity contribution in [2.75, 3.05) is 11.9 Å². The molecule has 1 aliphatic carbocycles. The molecule has 1 N–H and O–H groups in total. The van der Waals surface area contributed by atoms with Gasteiger partial charge in [0.2, 0.25) is 5.91 Å². The molecular weight excluding hydrogens is 356 g/mol. The van der Waals surface area contributed by atoms with Crippen LogP contribution in [0.1, 0.15) is 45.6 Å². The zero-order chi connectivity index (χ0) is 18.8. The number of carbonyl (C=O) groups excluding carboxylic acids is 2. The summed E-state index contributed by atoms with van der Waals surface area (Å²) in [7, 11) is 0. The van der Waals surface area contributed by atoms with Gasteiger partial charge in [-0.2, -0.15) is 0 Å². The topological polar surface area (TPSA) is 49.4 Å². The molecule has 0 fully saturated rings. The van der Waals surface area contributed by atoms with Crippen LogP contribution in [0.3, 0.4) is 0 Å². The molecule has 2 heterocycles. The molecule has 1 aromatic carbocycles. The van der Waals surface area contributed by atoms with Crippen molar-refractivity contribution in [2.45, 2.75) is 39.2 Å². The molecule has 0 bridgehead atoms. The second kappa shape index (κ2) is 7.69. The number of nitrogens with one attached hydrogen (secondary N) is 1. The molecule has 1 atom stereocenters. The maximum Gasteiger partial charge on any atom is 0.254 e. The van der Waals surface area contributed by atoms with Crippen molar-refractivity contribution < 1.29 is 9.59 Å². The fraction of sp³-hybridized carbons (Fsp3) is 0.364. The highest BCUT2D eigenvalue weighted by atomic mass is 32.1. The Kier molecular flexibility index (Phi) is 5.12. The first kappa shape index (κ1) is 18.0. The zero-order valence-electron chi connectivity index (χ0n) is 15.5. The summed E-state index contributed by atoms with van der Waals surface area (Å²) < 4.78 is 0. The summed E-state index contributed by atoms with van der Waals surface area (Å²) in [5.74, 6) is 0.391. The molecule has 1 aromatic heterocycles. The van der Waals surface area contributed by atoms with Crippen molar-refractivity contribution in [1.29, 1.82) is 0 Å². The Labute approximate surface area is 163 Å². The van der Waals surface area contributed by atoms with E-state index in [0.29, 0.717) is 24.4 Å². The minimum Gasteiger partial charge on any atom is -0.334 e. The summed E-state index contributed by atoms with van der Waals surface area (Å²) in [5.41, 5.74) is 3.51. The number of allylic oxidation sites excluding steroid dienone is 2. The number of fused-ring (bicyclic) bond motifs is 1. The number of carbonyl (C=O) groups is 2. The maximum atomic E-state index is 13.1. The Bertz CT molecular complexity index is 899. The van der Waals surface area contributed by atoms with Crippen molar-refractivity contribution in [2.24, 2.45) is 5.92 Å². The number of hydrogen-bond acceptors (Lipinski definition) is 3. The molecule has 5 heteroatoms. The largest absolute Gasteiger partial charge is 0.334 e. The Morgan fingerprint density at radius 2 is 2.19 bits per heavy atom. The van der Waals surface area contributed by atoms with Gasteiger partial charge < -0.3 is 10.2 Å². The Balaban J connectivity index is 1.47. The third-order valence-electron chi connectivity index (χ3n) is 5.49. The first-order valence-corrected chi connectivity index (χ1v) is 10.4. The van der Waals surface area contributed by atoms with Crippen LogP contribution in [-0.4, -0.2) is 23.3 Å². The Morgan fingerprint density at radius 3 is 3.00 bits per heavy atom. The summed E-state index contributed by atoms with van der Waals surface area (Å²) >= 11 is 1.77. The number of benzene rings is 1. The lowest BCUT2D eigenvalue weighted by Crippen LogP contribution is -2.35. The molecule has 2 aromatic rings. The van der Waals surface area contributed by atoms with Crippen LogP contribution in [0.5, 0.6) is 0 Å². The zero-order valence-corrected chi connectivity index (χ0v) is 16.3. The van der Waals surface area contributed by atoms with Gasteiger partial charge in [-0.1, -0.05) is 18.2 Å². The third kappa shape index (κ3) is 3.83. The predicted octanol–water partition coefficient (Wildman–Crippen LogP) is 4.55. The molecule has 140 valence electrons. The van der Waals surface area contributed by atoms with Gasteiger partial charge in [0.15, 0.2) is 0 Å². The molecule has 1 aliphatic heterocycles. The molecule has 4 rings (SSSR count). The second-order valence-electron chi connectivity index (χ2n) is 7.34. The number of thiophene rings is 1. The van der Waals surface area contributed by atoms with Gasteiger partial charge in [-0.15, -0.1) is 11.3 Å². The van der Waals surface area contributed by atoms with E-state index >= 15 is 0 Å². The highest BCUT2D eigenvalue weighted by molar-refractivity contribution is 7.10. The highest BCUT2D eigenvalue weighted by Gasteiger charge is 2.24. The summed E-state index contributed by atoms with van der Waals surface area (Å²) in [5, 5.41) is 5.10. The molecule has 0 spiro atoms. The van der Waals surface area contributed by atoms with Crippen molar-refractivity contribution in [3.8, 4) is 0 Å². The molecule has 1 unspecified atom stereocenters. The minimum absolute atomic E-state index is 0.0140. The van der Waals surface area contributed by atoms with Crippen LogP contribution >= 0.6 is 11.3 Å². The van der Waals surface area contributed by atoms with E-state index in [2.05, 4.69) is 28.9 Å². The van der Waals surface area contributed by atoms with Crippen LogP contribution in [-0.2, 0) is 17.8 Å². The molecule has 4 nitrogen and oxygen atoms in total. The van der Waals surface area contributed by atoms with E-state index < -0.39 is 0 Å². The molecule has 0 saturated heterocycles. The molecule has 27 heavy (non-hydrogen) atoms. The lowest BCUT2D eigenvalue weighted by molar-refractivity contribution is -0.116. The molecule has 2 amide bonds. The van der Waals surface area contributed by atoms with E-state index in [-0.39, 0.29) is 11.8 Å². The molecular formula is C22H24N2O2S. The van der Waals surface area contributed by atoms with Gasteiger partial charge in [0, 0.05) is 35.6 Å². The normalized spacial score (nSPS) is 18.4. The van der Waals surface area contributed by atoms with Gasteiger partial charge in [0.25, 0.3) is 5.91 Å². The monoisotopic (exact) mass is 380 g/mol. The lowest BCUT2D eigenvalue weighted by Gasteiger charge is -2.28. The Hall–Kier alpha value is -2.40. The van der Waals surface area contributed by atoms with E-state index in [4.69, 9.17) is 0 Å². The second-order valence-corrected chi connectivity index (χ2v) is 8.34. The summed E-state index contributed by atoms with van der Waals surface area (Å²) in [6, 6.07) is 7.70. The van der Waals surface area contributed by atoms with Gasteiger partial charge in [-0.25, -0.2) is 0 Å². The summed E-state index contributed by atoms with van der Waals surface area (Å²) in [6.07, 6.45) is 7.79. The van der Waals surface area contributed by atoms with Crippen LogP contribution in [0.2, 0.25) is 0 Å². The van der Waals surface area contributed by atoms with E-state index in [1.165, 1.54) is 10.4 Å². The van der Waals surface area contributed by atoms with Gasteiger partial charge in [0.05, 0.1) is 0 Å². The molecule has 0 saturated carbocycles. The van der Waals surface area contributed by atoms with Gasteiger partial charge in [-0.3, -0.25) is 9.59 Å². The quantitative estimate of drug-likeness (QED) is 0.791. The number of hydrogen-bond donors (Lipinski definition) is 1. The standard InChI is InChI=1S/C22H24N2O2S/c1-15-18(22(26)24-11-9-20-17(14-24)10-12-27-20)7-4-8-19(15)23-21(25)13-16-5-2-3-6-16/h2,4-5,7-8,10,12,16H,3,6,9,11,13-14H2,1H3,(H,23,25). The van der Waals surface area contributed by atoms with Crippen molar-refractivity contribution >= 4 is 28.8 Å². The summed E-state index contributed by atoms with van der Waals surface area (Å²) in [6.45, 7) is 3.33. The van der Waals surface area contributed by atoms with Crippen LogP contribution in [0.25, 0.3) is 0 Å². The van der Waals surface area contributed by atoms with Gasteiger partial charge in [0.1, 0.15) is 0 Å². The minimum atomic E-state index is 0.0140. The number of rotatable bonds is 4. The smallest absolute Gasteiger partial charge is 0.254 e. The SMILES string of the molecule is Cc1c(NC(=O)CC2C=CCC2)cccc1C(=O)N1CCc2sccc2C1. The van der Waals surface area contributed by atoms with E-state index in [1.807, 2.05) is 30.0 Å². The first-order valence-electron chi connectivity index (χ1n) is 9.52. The number of anilines is 1. The fourth-order valence-electron chi connectivity index (χ4n) is 3.90. The average Bonchev–Trinajstić information content (AvgIpc) is 3.33. The van der Waals surface area contributed by atoms with Gasteiger partial charge >= 0.3 is 0 Å². The van der Waals surface area contributed by atoms with Crippen LogP contribution in [0.15, 0.2) is 41.8 Å². The average molecular weight is 381 g/mol. The van der Waals surface area contributed by atoms with Crippen molar-refractivity contribution in [3.63, 3.8) is 0 Å². The lowest BCUT2D eigenvalue weighted by atomic mass is 10.0. The number of amides is 2. The number of nitrogens with zero attached hydrogens (tertiary/aromatic N) is 1. The first-order chi connectivity index (χ1) is 13.1. The van der Waals surface area contributed by atoms with E-state index in [1.54, 1.807) is 11.3 Å². The van der Waals surface area contributed by atoms with Crippen LogP contribution < -0.4 is 5.32 Å². The third-order valence-corrected chi connectivity index (χ3v) is 6.52. The van der Waals surface area contributed by atoms with Crippen LogP contribution in [0.4, 0.5) is 5.69 Å². The predicted molar refractivity (Wildman–Crippen MR) is 109 cm³/mol. The molecule has 0 radical (unpaired) electrons.